The molecule has 7 nitrogen and oxygen atoms in total. The number of benzene rings is 3. The van der Waals surface area contributed by atoms with E-state index in [0.29, 0.717) is 34.2 Å². The first-order valence-corrected chi connectivity index (χ1v) is 9.89. The molecule has 1 N–H and O–H groups in total. The van der Waals surface area contributed by atoms with Gasteiger partial charge in [0.25, 0.3) is 11.8 Å². The van der Waals surface area contributed by atoms with Crippen molar-refractivity contribution in [2.75, 3.05) is 31.5 Å². The van der Waals surface area contributed by atoms with E-state index in [4.69, 9.17) is 14.2 Å². The monoisotopic (exact) mass is 430 g/mol. The molecule has 0 saturated carbocycles. The standard InChI is InChI=1S/C25H22N2O5/c1-30-17-13-14-21(32-3)19(15-17)27-24(28)22(16-9-5-4-6-10-16)23(25(27)29)26-18-11-7-8-12-20(18)31-2/h4-15,26H,1-3H3. The van der Waals surface area contributed by atoms with Gasteiger partial charge in [0.1, 0.15) is 22.9 Å². The van der Waals surface area contributed by atoms with Gasteiger partial charge in [-0.15, -0.1) is 0 Å². The summed E-state index contributed by atoms with van der Waals surface area (Å²) >= 11 is 0. The number of amides is 2. The molecule has 7 heteroatoms. The average molecular weight is 430 g/mol. The highest BCUT2D eigenvalue weighted by Crippen LogP contribution is 2.40. The molecule has 0 aliphatic carbocycles. The zero-order valence-electron chi connectivity index (χ0n) is 17.9. The number of hydrogen-bond donors (Lipinski definition) is 1. The maximum atomic E-state index is 13.6. The van der Waals surface area contributed by atoms with Gasteiger partial charge < -0.3 is 19.5 Å². The van der Waals surface area contributed by atoms with E-state index in [9.17, 15) is 9.59 Å². The molecule has 0 radical (unpaired) electrons. The smallest absolute Gasteiger partial charge is 0.282 e. The Bertz CT molecular complexity index is 1200. The molecule has 0 fully saturated rings. The number of ether oxygens (including phenoxy) is 3. The van der Waals surface area contributed by atoms with Crippen molar-refractivity contribution in [2.45, 2.75) is 0 Å². The quantitative estimate of drug-likeness (QED) is 0.569. The SMILES string of the molecule is COc1ccc(OC)c(N2C(=O)C(Nc3ccccc3OC)=C(c3ccccc3)C2=O)c1. The van der Waals surface area contributed by atoms with Gasteiger partial charge in [-0.25, -0.2) is 4.90 Å². The molecule has 0 atom stereocenters. The third-order valence-electron chi connectivity index (χ3n) is 5.14. The molecule has 0 aromatic heterocycles. The predicted molar refractivity (Wildman–Crippen MR) is 122 cm³/mol. The van der Waals surface area contributed by atoms with Crippen LogP contribution >= 0.6 is 0 Å². The molecule has 0 bridgehead atoms. The lowest BCUT2D eigenvalue weighted by atomic mass is 10.0. The molecule has 3 aromatic rings. The van der Waals surface area contributed by atoms with E-state index in [2.05, 4.69) is 5.32 Å². The van der Waals surface area contributed by atoms with Crippen LogP contribution in [0.3, 0.4) is 0 Å². The van der Waals surface area contributed by atoms with Gasteiger partial charge in [0.2, 0.25) is 0 Å². The summed E-state index contributed by atoms with van der Waals surface area (Å²) in [6.07, 6.45) is 0. The number of methoxy groups -OCH3 is 3. The summed E-state index contributed by atoms with van der Waals surface area (Å²) in [5.41, 5.74) is 1.89. The highest BCUT2D eigenvalue weighted by Gasteiger charge is 2.41. The fourth-order valence-electron chi connectivity index (χ4n) is 3.59. The van der Waals surface area contributed by atoms with Crippen LogP contribution in [0.1, 0.15) is 5.56 Å². The summed E-state index contributed by atoms with van der Waals surface area (Å²) < 4.78 is 16.1. The maximum absolute atomic E-state index is 13.6. The van der Waals surface area contributed by atoms with E-state index in [1.54, 1.807) is 49.6 Å². The molecule has 2 amide bonds. The molecule has 1 aliphatic rings. The number of imide groups is 1. The lowest BCUT2D eigenvalue weighted by molar-refractivity contribution is -0.120. The minimum Gasteiger partial charge on any atom is -0.497 e. The van der Waals surface area contributed by atoms with Crippen molar-refractivity contribution in [1.82, 2.24) is 0 Å². The van der Waals surface area contributed by atoms with Crippen molar-refractivity contribution in [2.24, 2.45) is 0 Å². The van der Waals surface area contributed by atoms with Gasteiger partial charge in [-0.2, -0.15) is 0 Å². The van der Waals surface area contributed by atoms with Crippen LogP contribution in [0.25, 0.3) is 5.57 Å². The zero-order valence-corrected chi connectivity index (χ0v) is 17.9. The van der Waals surface area contributed by atoms with Crippen LogP contribution in [0, 0.1) is 0 Å². The molecule has 32 heavy (non-hydrogen) atoms. The lowest BCUT2D eigenvalue weighted by Gasteiger charge is -2.19. The lowest BCUT2D eigenvalue weighted by Crippen LogP contribution is -2.32. The summed E-state index contributed by atoms with van der Waals surface area (Å²) in [7, 11) is 4.54. The predicted octanol–water partition coefficient (Wildman–Crippen LogP) is 4.11. The minimum absolute atomic E-state index is 0.149. The van der Waals surface area contributed by atoms with Crippen LogP contribution in [0.2, 0.25) is 0 Å². The molecule has 162 valence electrons. The van der Waals surface area contributed by atoms with Gasteiger partial charge in [0, 0.05) is 6.07 Å². The molecule has 0 unspecified atom stereocenters. The Morgan fingerprint density at radius 1 is 0.719 bits per heavy atom. The van der Waals surface area contributed by atoms with Crippen LogP contribution in [0.15, 0.2) is 78.5 Å². The normalized spacial score (nSPS) is 13.4. The first-order valence-electron chi connectivity index (χ1n) is 9.89. The second-order valence-electron chi connectivity index (χ2n) is 6.92. The molecule has 4 rings (SSSR count). The van der Waals surface area contributed by atoms with E-state index < -0.39 is 11.8 Å². The molecule has 0 spiro atoms. The molecule has 1 aliphatic heterocycles. The summed E-state index contributed by atoms with van der Waals surface area (Å²) in [4.78, 5) is 28.3. The Balaban J connectivity index is 1.86. The number of anilines is 2. The van der Waals surface area contributed by atoms with Crippen molar-refractivity contribution in [1.29, 1.82) is 0 Å². The Morgan fingerprint density at radius 2 is 1.41 bits per heavy atom. The highest BCUT2D eigenvalue weighted by molar-refractivity contribution is 6.46. The third-order valence-corrected chi connectivity index (χ3v) is 5.14. The molecular formula is C25H22N2O5. The van der Waals surface area contributed by atoms with Crippen LogP contribution in [0.5, 0.6) is 17.2 Å². The van der Waals surface area contributed by atoms with Gasteiger partial charge in [0.15, 0.2) is 0 Å². The van der Waals surface area contributed by atoms with E-state index in [-0.39, 0.29) is 11.3 Å². The third kappa shape index (κ3) is 3.65. The molecular weight excluding hydrogens is 408 g/mol. The van der Waals surface area contributed by atoms with Crippen molar-refractivity contribution in [3.63, 3.8) is 0 Å². The molecule has 1 heterocycles. The summed E-state index contributed by atoms with van der Waals surface area (Å²) in [5, 5.41) is 3.13. The van der Waals surface area contributed by atoms with Gasteiger partial charge >= 0.3 is 0 Å². The van der Waals surface area contributed by atoms with E-state index >= 15 is 0 Å². The zero-order chi connectivity index (χ0) is 22.7. The topological polar surface area (TPSA) is 77.1 Å². The maximum Gasteiger partial charge on any atom is 0.282 e. The fourth-order valence-corrected chi connectivity index (χ4v) is 3.59. The number of para-hydroxylation sites is 2. The van der Waals surface area contributed by atoms with Crippen LogP contribution in [0.4, 0.5) is 11.4 Å². The second-order valence-corrected chi connectivity index (χ2v) is 6.92. The Kier molecular flexibility index (Phi) is 5.81. The fraction of sp³-hybridized carbons (Fsp3) is 0.120. The number of hydrogen-bond acceptors (Lipinski definition) is 6. The van der Waals surface area contributed by atoms with Gasteiger partial charge in [0.05, 0.1) is 38.3 Å². The van der Waals surface area contributed by atoms with Crippen LogP contribution < -0.4 is 24.4 Å². The summed E-state index contributed by atoms with van der Waals surface area (Å²) in [6, 6.07) is 21.2. The second kappa shape index (κ2) is 8.85. The molecule has 0 saturated heterocycles. The van der Waals surface area contributed by atoms with Crippen molar-refractivity contribution >= 4 is 28.8 Å². The van der Waals surface area contributed by atoms with Gasteiger partial charge in [-0.05, 0) is 29.8 Å². The summed E-state index contributed by atoms with van der Waals surface area (Å²) in [6.45, 7) is 0. The Hall–Kier alpha value is -4.26. The number of nitrogens with zero attached hydrogens (tertiary/aromatic N) is 1. The average Bonchev–Trinajstić information content (AvgIpc) is 3.08. The number of carbonyl (C=O) groups is 2. The Morgan fingerprint density at radius 3 is 2.09 bits per heavy atom. The van der Waals surface area contributed by atoms with Crippen LogP contribution in [-0.4, -0.2) is 33.1 Å². The first kappa shape index (κ1) is 21.0. The van der Waals surface area contributed by atoms with E-state index in [1.165, 1.54) is 14.2 Å². The van der Waals surface area contributed by atoms with Crippen molar-refractivity contribution in [3.8, 4) is 17.2 Å². The largest absolute Gasteiger partial charge is 0.497 e. The number of carbonyl (C=O) groups excluding carboxylic acids is 2. The molecule has 3 aromatic carbocycles. The van der Waals surface area contributed by atoms with Gasteiger partial charge in [-0.3, -0.25) is 9.59 Å². The van der Waals surface area contributed by atoms with Gasteiger partial charge in [-0.1, -0.05) is 42.5 Å². The highest BCUT2D eigenvalue weighted by atomic mass is 16.5. The number of rotatable bonds is 7. The number of nitrogens with one attached hydrogen (secondary N) is 1. The minimum atomic E-state index is -0.508. The van der Waals surface area contributed by atoms with Crippen molar-refractivity contribution in [3.05, 3.63) is 84.1 Å². The van der Waals surface area contributed by atoms with Crippen molar-refractivity contribution < 1.29 is 23.8 Å². The van der Waals surface area contributed by atoms with E-state index in [0.717, 1.165) is 4.90 Å². The first-order chi connectivity index (χ1) is 15.6. The van der Waals surface area contributed by atoms with Crippen LogP contribution in [-0.2, 0) is 9.59 Å². The Labute approximate surface area is 185 Å². The van der Waals surface area contributed by atoms with E-state index in [1.807, 2.05) is 30.3 Å². The summed E-state index contributed by atoms with van der Waals surface area (Å²) in [5.74, 6) is 0.439.